The lowest BCUT2D eigenvalue weighted by atomic mass is 10.1. The molecular formula is C21H21ClN4O2. The molecule has 7 heteroatoms. The maximum atomic E-state index is 12.3. The third kappa shape index (κ3) is 4.78. The summed E-state index contributed by atoms with van der Waals surface area (Å²) in [5, 5.41) is 11.6. The van der Waals surface area contributed by atoms with Crippen LogP contribution in [-0.2, 0) is 0 Å². The zero-order chi connectivity index (χ0) is 19.9. The van der Waals surface area contributed by atoms with Crippen LogP contribution in [0.4, 0.5) is 0 Å². The standard InChI is InChI=1S/C21H21ClN4O2/c1-3-12-28-16-10-8-15(9-11-16)19-13-20(25-24-19)21(27)26-23-14(2)17-6-4-5-7-18(17)22/h4-11,13H,3,12H2,1-2H3,(H,24,25)(H,26,27). The minimum atomic E-state index is -0.381. The normalized spacial score (nSPS) is 11.3. The third-order valence-corrected chi connectivity index (χ3v) is 4.36. The first kappa shape index (κ1) is 19.6. The van der Waals surface area contributed by atoms with E-state index < -0.39 is 0 Å². The van der Waals surface area contributed by atoms with Crippen LogP contribution in [0, 0.1) is 0 Å². The number of nitrogens with zero attached hydrogens (tertiary/aromatic N) is 2. The maximum Gasteiger partial charge on any atom is 0.289 e. The molecule has 0 unspecified atom stereocenters. The van der Waals surface area contributed by atoms with Crippen LogP contribution in [0.1, 0.15) is 36.3 Å². The molecule has 1 aromatic heterocycles. The molecular weight excluding hydrogens is 376 g/mol. The molecule has 6 nitrogen and oxygen atoms in total. The Labute approximate surface area is 168 Å². The topological polar surface area (TPSA) is 79.4 Å². The van der Waals surface area contributed by atoms with Gasteiger partial charge in [-0.05, 0) is 49.7 Å². The third-order valence-electron chi connectivity index (χ3n) is 4.03. The average molecular weight is 397 g/mol. The van der Waals surface area contributed by atoms with E-state index in [1.54, 1.807) is 19.1 Å². The molecule has 2 aromatic carbocycles. The summed E-state index contributed by atoms with van der Waals surface area (Å²) in [6.07, 6.45) is 0.956. The van der Waals surface area contributed by atoms with Gasteiger partial charge in [0, 0.05) is 16.1 Å². The number of aromatic nitrogens is 2. The molecule has 0 radical (unpaired) electrons. The number of nitrogens with one attached hydrogen (secondary N) is 2. The number of hydrazone groups is 1. The fourth-order valence-electron chi connectivity index (χ4n) is 2.54. The second kappa shape index (κ2) is 9.19. The molecule has 28 heavy (non-hydrogen) atoms. The number of ether oxygens (including phenoxy) is 1. The Morgan fingerprint density at radius 2 is 1.96 bits per heavy atom. The van der Waals surface area contributed by atoms with Gasteiger partial charge in [-0.3, -0.25) is 9.89 Å². The summed E-state index contributed by atoms with van der Waals surface area (Å²) in [7, 11) is 0. The molecule has 0 saturated carbocycles. The summed E-state index contributed by atoms with van der Waals surface area (Å²) in [6, 6.07) is 16.6. The van der Waals surface area contributed by atoms with Crippen LogP contribution >= 0.6 is 11.6 Å². The van der Waals surface area contributed by atoms with Crippen molar-refractivity contribution in [2.75, 3.05) is 6.61 Å². The van der Waals surface area contributed by atoms with Gasteiger partial charge < -0.3 is 4.74 Å². The van der Waals surface area contributed by atoms with E-state index >= 15 is 0 Å². The SMILES string of the molecule is CCCOc1ccc(-c2cc(C(=O)NN=C(C)c3ccccc3Cl)[nH]n2)cc1. The minimum absolute atomic E-state index is 0.317. The van der Waals surface area contributed by atoms with E-state index in [-0.39, 0.29) is 5.91 Å². The van der Waals surface area contributed by atoms with Gasteiger partial charge >= 0.3 is 0 Å². The van der Waals surface area contributed by atoms with Crippen molar-refractivity contribution in [3.8, 4) is 17.0 Å². The molecule has 0 aliphatic heterocycles. The van der Waals surface area contributed by atoms with Gasteiger partial charge in [-0.1, -0.05) is 36.7 Å². The van der Waals surface area contributed by atoms with E-state index in [9.17, 15) is 4.79 Å². The van der Waals surface area contributed by atoms with Crippen LogP contribution in [0.2, 0.25) is 5.02 Å². The van der Waals surface area contributed by atoms with Crippen molar-refractivity contribution in [1.82, 2.24) is 15.6 Å². The number of carbonyl (C=O) groups is 1. The van der Waals surface area contributed by atoms with Crippen LogP contribution in [0.5, 0.6) is 5.75 Å². The van der Waals surface area contributed by atoms with Crippen molar-refractivity contribution >= 4 is 23.2 Å². The van der Waals surface area contributed by atoms with Gasteiger partial charge in [-0.25, -0.2) is 5.43 Å². The highest BCUT2D eigenvalue weighted by molar-refractivity contribution is 6.34. The molecule has 3 aromatic rings. The number of hydrogen-bond donors (Lipinski definition) is 2. The highest BCUT2D eigenvalue weighted by Gasteiger charge is 2.11. The van der Waals surface area contributed by atoms with Crippen molar-refractivity contribution in [2.45, 2.75) is 20.3 Å². The summed E-state index contributed by atoms with van der Waals surface area (Å²) in [6.45, 7) is 4.52. The number of rotatable bonds is 7. The van der Waals surface area contributed by atoms with Gasteiger partial charge in [-0.15, -0.1) is 0 Å². The molecule has 0 saturated heterocycles. The van der Waals surface area contributed by atoms with E-state index in [1.807, 2.05) is 42.5 Å². The Bertz CT molecular complexity index is 980. The average Bonchev–Trinajstić information content (AvgIpc) is 3.21. The van der Waals surface area contributed by atoms with Crippen molar-refractivity contribution in [2.24, 2.45) is 5.10 Å². The van der Waals surface area contributed by atoms with Crippen LogP contribution in [0.25, 0.3) is 11.3 Å². The Morgan fingerprint density at radius 3 is 2.68 bits per heavy atom. The first-order valence-corrected chi connectivity index (χ1v) is 9.34. The number of amides is 1. The van der Waals surface area contributed by atoms with E-state index in [4.69, 9.17) is 16.3 Å². The quantitative estimate of drug-likeness (QED) is 0.449. The van der Waals surface area contributed by atoms with Crippen molar-refractivity contribution < 1.29 is 9.53 Å². The summed E-state index contributed by atoms with van der Waals surface area (Å²) >= 11 is 6.14. The zero-order valence-corrected chi connectivity index (χ0v) is 16.5. The van der Waals surface area contributed by atoms with Crippen molar-refractivity contribution in [3.63, 3.8) is 0 Å². The predicted molar refractivity (Wildman–Crippen MR) is 111 cm³/mol. The van der Waals surface area contributed by atoms with Gasteiger partial charge in [0.15, 0.2) is 0 Å². The lowest BCUT2D eigenvalue weighted by Crippen LogP contribution is -2.19. The second-order valence-electron chi connectivity index (χ2n) is 6.16. The van der Waals surface area contributed by atoms with Gasteiger partial charge in [0.05, 0.1) is 18.0 Å². The first-order valence-electron chi connectivity index (χ1n) is 8.96. The number of aromatic amines is 1. The number of halogens is 1. The van der Waals surface area contributed by atoms with Gasteiger partial charge in [0.2, 0.25) is 0 Å². The van der Waals surface area contributed by atoms with Crippen molar-refractivity contribution in [3.05, 3.63) is 70.9 Å². The largest absolute Gasteiger partial charge is 0.494 e. The summed E-state index contributed by atoms with van der Waals surface area (Å²) < 4.78 is 5.57. The molecule has 1 heterocycles. The smallest absolute Gasteiger partial charge is 0.289 e. The van der Waals surface area contributed by atoms with Gasteiger partial charge in [-0.2, -0.15) is 10.2 Å². The second-order valence-corrected chi connectivity index (χ2v) is 6.56. The molecule has 0 aliphatic rings. The first-order chi connectivity index (χ1) is 13.6. The summed E-state index contributed by atoms with van der Waals surface area (Å²) in [4.78, 5) is 12.3. The molecule has 0 bridgehead atoms. The van der Waals surface area contributed by atoms with Gasteiger partial charge in [0.1, 0.15) is 11.4 Å². The molecule has 3 rings (SSSR count). The minimum Gasteiger partial charge on any atom is -0.494 e. The monoisotopic (exact) mass is 396 g/mol. The van der Waals surface area contributed by atoms with Gasteiger partial charge in [0.25, 0.3) is 5.91 Å². The Morgan fingerprint density at radius 1 is 1.21 bits per heavy atom. The molecule has 0 spiro atoms. The Balaban J connectivity index is 1.67. The molecule has 144 valence electrons. The molecule has 1 amide bonds. The highest BCUT2D eigenvalue weighted by atomic mass is 35.5. The van der Waals surface area contributed by atoms with Crippen LogP contribution < -0.4 is 10.2 Å². The Hall–Kier alpha value is -3.12. The van der Waals surface area contributed by atoms with Crippen molar-refractivity contribution in [1.29, 1.82) is 0 Å². The molecule has 2 N–H and O–H groups in total. The van der Waals surface area contributed by atoms with Crippen LogP contribution in [-0.4, -0.2) is 28.4 Å². The lowest BCUT2D eigenvalue weighted by Gasteiger charge is -2.04. The molecule has 0 fully saturated rings. The fraction of sp³-hybridized carbons (Fsp3) is 0.190. The number of H-pyrrole nitrogens is 1. The van der Waals surface area contributed by atoms with E-state index in [1.165, 1.54) is 0 Å². The zero-order valence-electron chi connectivity index (χ0n) is 15.7. The number of hydrogen-bond acceptors (Lipinski definition) is 4. The van der Waals surface area contributed by atoms with E-state index in [0.29, 0.717) is 28.7 Å². The lowest BCUT2D eigenvalue weighted by molar-refractivity contribution is 0.0950. The highest BCUT2D eigenvalue weighted by Crippen LogP contribution is 2.21. The molecule has 0 aliphatic carbocycles. The molecule has 0 atom stereocenters. The van der Waals surface area contributed by atoms with E-state index in [2.05, 4.69) is 27.6 Å². The Kier molecular flexibility index (Phi) is 6.45. The fourth-order valence-corrected chi connectivity index (χ4v) is 2.81. The van der Waals surface area contributed by atoms with Crippen LogP contribution in [0.3, 0.4) is 0 Å². The number of carbonyl (C=O) groups excluding carboxylic acids is 1. The van der Waals surface area contributed by atoms with E-state index in [0.717, 1.165) is 23.3 Å². The summed E-state index contributed by atoms with van der Waals surface area (Å²) in [5.74, 6) is 0.427. The van der Waals surface area contributed by atoms with Crippen LogP contribution in [0.15, 0.2) is 59.7 Å². The number of benzene rings is 2. The predicted octanol–water partition coefficient (Wildman–Crippen LogP) is 4.67. The maximum absolute atomic E-state index is 12.3. The summed E-state index contributed by atoms with van der Waals surface area (Å²) in [5.41, 5.74) is 5.76.